The van der Waals surface area contributed by atoms with E-state index in [0.717, 1.165) is 11.8 Å². The fraction of sp³-hybridized carbons (Fsp3) is 0.357. The maximum Gasteiger partial charge on any atom is 0.203 e. The van der Waals surface area contributed by atoms with Gasteiger partial charge in [0.25, 0.3) is 0 Å². The van der Waals surface area contributed by atoms with Crippen molar-refractivity contribution < 1.29 is 13.9 Å². The highest BCUT2D eigenvalue weighted by molar-refractivity contribution is 6.34. The van der Waals surface area contributed by atoms with E-state index in [1.807, 2.05) is 19.1 Å². The summed E-state index contributed by atoms with van der Waals surface area (Å²) in [5, 5.41) is 1.39. The third-order valence-electron chi connectivity index (χ3n) is 3.31. The monoisotopic (exact) mass is 264 g/mol. The highest BCUT2D eigenvalue weighted by Gasteiger charge is 2.30. The van der Waals surface area contributed by atoms with Gasteiger partial charge in [-0.05, 0) is 25.5 Å². The fourth-order valence-corrected chi connectivity index (χ4v) is 2.57. The Morgan fingerprint density at radius 2 is 2.28 bits per heavy atom. The first-order valence-corrected chi connectivity index (χ1v) is 6.37. The zero-order valence-electron chi connectivity index (χ0n) is 9.98. The predicted octanol–water partition coefficient (Wildman–Crippen LogP) is 3.69. The molecule has 94 valence electrons. The quantitative estimate of drug-likeness (QED) is 0.777. The van der Waals surface area contributed by atoms with Crippen molar-refractivity contribution in [1.29, 1.82) is 0 Å². The average Bonchev–Trinajstić information content (AvgIpc) is 2.95. The van der Waals surface area contributed by atoms with E-state index < -0.39 is 0 Å². The largest absolute Gasteiger partial charge is 0.451 e. The van der Waals surface area contributed by atoms with Gasteiger partial charge in [-0.1, -0.05) is 23.7 Å². The summed E-state index contributed by atoms with van der Waals surface area (Å²) in [6.07, 6.45) is 0.899. The second-order valence-corrected chi connectivity index (χ2v) is 5.12. The van der Waals surface area contributed by atoms with E-state index in [9.17, 15) is 4.79 Å². The molecular formula is C14H13ClO3. The highest BCUT2D eigenvalue weighted by atomic mass is 35.5. The van der Waals surface area contributed by atoms with Gasteiger partial charge in [0.05, 0.1) is 23.7 Å². The molecule has 3 nitrogen and oxygen atoms in total. The third kappa shape index (κ3) is 1.93. The van der Waals surface area contributed by atoms with Crippen molar-refractivity contribution in [1.82, 2.24) is 0 Å². The van der Waals surface area contributed by atoms with Gasteiger partial charge in [0, 0.05) is 5.39 Å². The fourth-order valence-electron chi connectivity index (χ4n) is 2.35. The molecule has 0 aliphatic carbocycles. The van der Waals surface area contributed by atoms with Crippen molar-refractivity contribution >= 4 is 28.4 Å². The summed E-state index contributed by atoms with van der Waals surface area (Å²) in [4.78, 5) is 12.3. The number of halogens is 1. The molecule has 1 saturated heterocycles. The molecule has 0 radical (unpaired) electrons. The number of benzene rings is 1. The molecule has 2 atom stereocenters. The highest BCUT2D eigenvalue weighted by Crippen LogP contribution is 2.30. The SMILES string of the molecule is CC1CC(C(=O)c2cc3cccc(Cl)c3o2)CO1. The number of rotatable bonds is 2. The number of ketones is 1. The van der Waals surface area contributed by atoms with Crippen molar-refractivity contribution in [3.05, 3.63) is 35.0 Å². The number of furan rings is 1. The summed E-state index contributed by atoms with van der Waals surface area (Å²) in [6.45, 7) is 2.45. The first-order chi connectivity index (χ1) is 8.65. The van der Waals surface area contributed by atoms with Gasteiger partial charge in [-0.15, -0.1) is 0 Å². The van der Waals surface area contributed by atoms with Gasteiger partial charge in [0.15, 0.2) is 11.3 Å². The first-order valence-electron chi connectivity index (χ1n) is 5.99. The van der Waals surface area contributed by atoms with Crippen molar-refractivity contribution in [2.24, 2.45) is 5.92 Å². The van der Waals surface area contributed by atoms with Crippen LogP contribution >= 0.6 is 11.6 Å². The maximum absolute atomic E-state index is 12.3. The van der Waals surface area contributed by atoms with Crippen molar-refractivity contribution in [3.8, 4) is 0 Å². The molecule has 2 unspecified atom stereocenters. The van der Waals surface area contributed by atoms with E-state index in [1.54, 1.807) is 12.1 Å². The lowest BCUT2D eigenvalue weighted by Crippen LogP contribution is -2.13. The molecule has 18 heavy (non-hydrogen) atoms. The molecule has 3 rings (SSSR count). The van der Waals surface area contributed by atoms with Crippen LogP contribution in [-0.4, -0.2) is 18.5 Å². The number of ether oxygens (including phenoxy) is 1. The molecule has 1 fully saturated rings. The van der Waals surface area contributed by atoms with Gasteiger partial charge in [0.1, 0.15) is 0 Å². The van der Waals surface area contributed by atoms with E-state index >= 15 is 0 Å². The Balaban J connectivity index is 1.95. The van der Waals surface area contributed by atoms with Gasteiger partial charge in [-0.2, -0.15) is 0 Å². The standard InChI is InChI=1S/C14H13ClO3/c1-8-5-10(7-17-8)13(16)12-6-9-3-2-4-11(15)14(9)18-12/h2-4,6,8,10H,5,7H2,1H3. The average molecular weight is 265 g/mol. The Morgan fingerprint density at radius 1 is 1.44 bits per heavy atom. The minimum absolute atomic E-state index is 0.00613. The van der Waals surface area contributed by atoms with Crippen LogP contribution in [0.1, 0.15) is 23.9 Å². The summed E-state index contributed by atoms with van der Waals surface area (Å²) in [6, 6.07) is 7.24. The summed E-state index contributed by atoms with van der Waals surface area (Å²) in [5.41, 5.74) is 0.578. The molecule has 0 amide bonds. The Hall–Kier alpha value is -1.32. The lowest BCUT2D eigenvalue weighted by molar-refractivity contribution is 0.0853. The zero-order valence-corrected chi connectivity index (χ0v) is 10.7. The number of carbonyl (C=O) groups is 1. The lowest BCUT2D eigenvalue weighted by atomic mass is 9.99. The molecular weight excluding hydrogens is 252 g/mol. The van der Waals surface area contributed by atoms with E-state index in [2.05, 4.69) is 0 Å². The van der Waals surface area contributed by atoms with Crippen LogP contribution < -0.4 is 0 Å². The Labute approximate surface area is 110 Å². The van der Waals surface area contributed by atoms with Gasteiger partial charge in [0.2, 0.25) is 5.78 Å². The molecule has 1 aromatic carbocycles. The smallest absolute Gasteiger partial charge is 0.203 e. The molecule has 0 bridgehead atoms. The van der Waals surface area contributed by atoms with Gasteiger partial charge < -0.3 is 9.15 Å². The minimum Gasteiger partial charge on any atom is -0.451 e. The molecule has 0 N–H and O–H groups in total. The minimum atomic E-state index is -0.0978. The van der Waals surface area contributed by atoms with Crippen LogP contribution in [0.4, 0.5) is 0 Å². The third-order valence-corrected chi connectivity index (χ3v) is 3.61. The molecule has 1 aromatic heterocycles. The lowest BCUT2D eigenvalue weighted by Gasteiger charge is -2.02. The van der Waals surface area contributed by atoms with Crippen molar-refractivity contribution in [2.75, 3.05) is 6.61 Å². The number of para-hydroxylation sites is 1. The summed E-state index contributed by atoms with van der Waals surface area (Å²) in [5.74, 6) is 0.284. The van der Waals surface area contributed by atoms with Crippen LogP contribution in [0.2, 0.25) is 5.02 Å². The van der Waals surface area contributed by atoms with Crippen LogP contribution in [0.5, 0.6) is 0 Å². The Morgan fingerprint density at radius 3 is 2.94 bits per heavy atom. The van der Waals surface area contributed by atoms with Gasteiger partial charge >= 0.3 is 0 Å². The first kappa shape index (κ1) is 11.8. The molecule has 0 spiro atoms. The zero-order chi connectivity index (χ0) is 12.7. The summed E-state index contributed by atoms with van der Waals surface area (Å²) >= 11 is 6.03. The Kier molecular flexibility index (Phi) is 2.88. The van der Waals surface area contributed by atoms with Gasteiger partial charge in [-0.25, -0.2) is 0 Å². The second kappa shape index (κ2) is 4.41. The van der Waals surface area contributed by atoms with Gasteiger partial charge in [-0.3, -0.25) is 4.79 Å². The van der Waals surface area contributed by atoms with Crippen molar-refractivity contribution in [3.63, 3.8) is 0 Å². The van der Waals surface area contributed by atoms with Crippen LogP contribution in [0.15, 0.2) is 28.7 Å². The topological polar surface area (TPSA) is 39.4 Å². The molecule has 4 heteroatoms. The number of hydrogen-bond donors (Lipinski definition) is 0. The van der Waals surface area contributed by atoms with E-state index in [4.69, 9.17) is 20.8 Å². The molecule has 1 aliphatic rings. The van der Waals surface area contributed by atoms with Crippen LogP contribution in [0, 0.1) is 5.92 Å². The van der Waals surface area contributed by atoms with E-state index in [0.29, 0.717) is 23.0 Å². The summed E-state index contributed by atoms with van der Waals surface area (Å²) < 4.78 is 11.0. The number of carbonyl (C=O) groups excluding carboxylic acids is 1. The molecule has 0 saturated carbocycles. The number of hydrogen-bond acceptors (Lipinski definition) is 3. The van der Waals surface area contributed by atoms with Crippen LogP contribution in [0.3, 0.4) is 0 Å². The molecule has 1 aliphatic heterocycles. The Bertz CT molecular complexity index is 602. The normalized spacial score (nSPS) is 23.7. The summed E-state index contributed by atoms with van der Waals surface area (Å²) in [7, 11) is 0. The van der Waals surface area contributed by atoms with Crippen molar-refractivity contribution in [2.45, 2.75) is 19.4 Å². The number of fused-ring (bicyclic) bond motifs is 1. The van der Waals surface area contributed by atoms with Crippen LogP contribution in [0.25, 0.3) is 11.0 Å². The number of Topliss-reactive ketones (excluding diaryl/α,β-unsaturated/α-hetero) is 1. The molecule has 2 aromatic rings. The second-order valence-electron chi connectivity index (χ2n) is 4.71. The maximum atomic E-state index is 12.3. The van der Waals surface area contributed by atoms with E-state index in [1.165, 1.54) is 0 Å². The predicted molar refractivity (Wildman–Crippen MR) is 69.1 cm³/mol. The molecule has 2 heterocycles. The van der Waals surface area contributed by atoms with Crippen LogP contribution in [-0.2, 0) is 4.74 Å². The van der Waals surface area contributed by atoms with E-state index in [-0.39, 0.29) is 17.8 Å².